The summed E-state index contributed by atoms with van der Waals surface area (Å²) in [6.07, 6.45) is -2.48. The molecule has 1 aromatic heterocycles. The van der Waals surface area contributed by atoms with Gasteiger partial charge in [0.1, 0.15) is 16.2 Å². The predicted molar refractivity (Wildman–Crippen MR) is 94.4 cm³/mol. The largest absolute Gasteiger partial charge is 0.437 e. The quantitative estimate of drug-likeness (QED) is 0.682. The normalized spacial score (nSPS) is 17.9. The summed E-state index contributed by atoms with van der Waals surface area (Å²) in [5.41, 5.74) is -1.23. The Kier molecular flexibility index (Phi) is 5.72. The van der Waals surface area contributed by atoms with Gasteiger partial charge in [0.15, 0.2) is 0 Å². The number of ether oxygens (including phenoxy) is 1. The number of rotatable bonds is 5. The molecule has 1 aliphatic rings. The number of alkyl halides is 3. The Balaban J connectivity index is 1.97. The van der Waals surface area contributed by atoms with Gasteiger partial charge < -0.3 is 15.4 Å². The van der Waals surface area contributed by atoms with Gasteiger partial charge in [-0.25, -0.2) is 18.5 Å². The fourth-order valence-corrected chi connectivity index (χ4v) is 3.40. The lowest BCUT2D eigenvalue weighted by Crippen LogP contribution is -2.38. The molecule has 4 N–H and O–H groups in total. The first-order chi connectivity index (χ1) is 13.1. The molecule has 152 valence electrons. The van der Waals surface area contributed by atoms with E-state index in [4.69, 9.17) is 9.88 Å². The number of para-hydroxylation sites is 1. The van der Waals surface area contributed by atoms with Gasteiger partial charge in [-0.15, -0.1) is 0 Å². The van der Waals surface area contributed by atoms with Crippen molar-refractivity contribution in [3.05, 3.63) is 36.0 Å². The molecule has 1 saturated heterocycles. The van der Waals surface area contributed by atoms with Crippen molar-refractivity contribution in [3.63, 3.8) is 0 Å². The molecule has 0 saturated carbocycles. The van der Waals surface area contributed by atoms with Crippen LogP contribution in [0.3, 0.4) is 0 Å². The highest BCUT2D eigenvalue weighted by Gasteiger charge is 2.37. The lowest BCUT2D eigenvalue weighted by molar-refractivity contribution is -0.139. The second kappa shape index (κ2) is 7.89. The molecule has 1 aliphatic heterocycles. The van der Waals surface area contributed by atoms with E-state index < -0.39 is 32.5 Å². The van der Waals surface area contributed by atoms with Crippen LogP contribution in [0.15, 0.2) is 35.4 Å². The van der Waals surface area contributed by atoms with E-state index >= 15 is 0 Å². The molecular formula is C16H18F3N5O3S. The predicted octanol–water partition coefficient (Wildman–Crippen LogP) is 2.10. The zero-order valence-electron chi connectivity index (χ0n) is 14.5. The van der Waals surface area contributed by atoms with Gasteiger partial charge in [-0.1, -0.05) is 12.1 Å². The molecule has 3 rings (SSSR count). The first kappa shape index (κ1) is 20.3. The van der Waals surface area contributed by atoms with Crippen LogP contribution in [0.5, 0.6) is 11.6 Å². The van der Waals surface area contributed by atoms with Crippen LogP contribution >= 0.6 is 0 Å². The highest BCUT2D eigenvalue weighted by atomic mass is 32.2. The number of anilines is 1. The third-order valence-corrected chi connectivity index (χ3v) is 5.00. The summed E-state index contributed by atoms with van der Waals surface area (Å²) in [4.78, 5) is 7.09. The Morgan fingerprint density at radius 2 is 2.04 bits per heavy atom. The van der Waals surface area contributed by atoms with Crippen molar-refractivity contribution in [1.29, 1.82) is 0 Å². The number of piperidine rings is 1. The summed E-state index contributed by atoms with van der Waals surface area (Å²) in [5.74, 6) is -1.23. The van der Waals surface area contributed by atoms with Crippen LogP contribution in [0.4, 0.5) is 19.1 Å². The Morgan fingerprint density at radius 1 is 1.29 bits per heavy atom. The number of benzene rings is 1. The molecule has 0 bridgehead atoms. The Bertz CT molecular complexity index is 947. The van der Waals surface area contributed by atoms with E-state index in [1.165, 1.54) is 18.2 Å². The van der Waals surface area contributed by atoms with Gasteiger partial charge in [-0.2, -0.15) is 18.2 Å². The maximum absolute atomic E-state index is 13.3. The van der Waals surface area contributed by atoms with Crippen LogP contribution in [0.25, 0.3) is 0 Å². The molecular weight excluding hydrogens is 399 g/mol. The second-order valence-corrected chi connectivity index (χ2v) is 7.72. The zero-order valence-corrected chi connectivity index (χ0v) is 15.3. The van der Waals surface area contributed by atoms with Gasteiger partial charge in [0.05, 0.1) is 0 Å². The Labute approximate surface area is 159 Å². The van der Waals surface area contributed by atoms with Crippen molar-refractivity contribution in [2.75, 3.05) is 18.4 Å². The van der Waals surface area contributed by atoms with Crippen LogP contribution in [0.1, 0.15) is 18.4 Å². The van der Waals surface area contributed by atoms with Crippen molar-refractivity contribution >= 4 is 16.0 Å². The fourth-order valence-electron chi connectivity index (χ4n) is 2.74. The summed E-state index contributed by atoms with van der Waals surface area (Å²) in [6.45, 7) is 1.49. The molecule has 0 radical (unpaired) electrons. The number of sulfonamides is 1. The number of hydrogen-bond acceptors (Lipinski definition) is 7. The first-order valence-corrected chi connectivity index (χ1v) is 9.90. The zero-order chi connectivity index (χ0) is 20.4. The maximum atomic E-state index is 13.3. The summed E-state index contributed by atoms with van der Waals surface area (Å²) >= 11 is 0. The van der Waals surface area contributed by atoms with E-state index in [-0.39, 0.29) is 17.7 Å². The van der Waals surface area contributed by atoms with Crippen molar-refractivity contribution < 1.29 is 26.3 Å². The van der Waals surface area contributed by atoms with Crippen LogP contribution in [0, 0.1) is 0 Å². The van der Waals surface area contributed by atoms with E-state index in [1.54, 1.807) is 0 Å². The monoisotopic (exact) mass is 417 g/mol. The van der Waals surface area contributed by atoms with E-state index in [0.29, 0.717) is 12.7 Å². The number of halogens is 3. The third kappa shape index (κ3) is 4.88. The highest BCUT2D eigenvalue weighted by Crippen LogP contribution is 2.38. The fraction of sp³-hybridized carbons (Fsp3) is 0.375. The van der Waals surface area contributed by atoms with Crippen LogP contribution < -0.4 is 20.5 Å². The van der Waals surface area contributed by atoms with Crippen molar-refractivity contribution in [3.8, 4) is 11.6 Å². The molecule has 2 heterocycles. The molecule has 0 spiro atoms. The van der Waals surface area contributed by atoms with Crippen LogP contribution in [0.2, 0.25) is 0 Å². The average Bonchev–Trinajstić information content (AvgIpc) is 2.61. The molecule has 1 aromatic carbocycles. The third-order valence-electron chi connectivity index (χ3n) is 4.05. The van der Waals surface area contributed by atoms with Crippen molar-refractivity contribution in [2.45, 2.75) is 30.0 Å². The highest BCUT2D eigenvalue weighted by molar-refractivity contribution is 7.89. The number of hydrogen-bond donors (Lipinski definition) is 3. The maximum Gasteiger partial charge on any atom is 0.423 e. The standard InChI is InChI=1S/C16H18F3N5O3S/c17-16(18,19)11-9-22-15(23-10-4-3-7-21-8-10)24-14(11)27-12-5-1-2-6-13(12)28(20,25)26/h1-2,5-6,9-10,21H,3-4,7-8H2,(H2,20,25,26)(H,22,23,24)/t10-/m0/s1. The van der Waals surface area contributed by atoms with Crippen molar-refractivity contribution in [1.82, 2.24) is 15.3 Å². The summed E-state index contributed by atoms with van der Waals surface area (Å²) in [6, 6.07) is 5.06. The average molecular weight is 417 g/mol. The molecule has 1 atom stereocenters. The Morgan fingerprint density at radius 3 is 2.68 bits per heavy atom. The van der Waals surface area contributed by atoms with Gasteiger partial charge in [0, 0.05) is 18.8 Å². The van der Waals surface area contributed by atoms with Crippen LogP contribution in [-0.4, -0.2) is 37.5 Å². The molecule has 0 aliphatic carbocycles. The van der Waals surface area contributed by atoms with E-state index in [2.05, 4.69) is 20.6 Å². The summed E-state index contributed by atoms with van der Waals surface area (Å²) in [7, 11) is -4.21. The lowest BCUT2D eigenvalue weighted by Gasteiger charge is -2.24. The topological polar surface area (TPSA) is 119 Å². The molecule has 12 heteroatoms. The van der Waals surface area contributed by atoms with E-state index in [1.807, 2.05) is 0 Å². The van der Waals surface area contributed by atoms with Gasteiger partial charge in [-0.3, -0.25) is 0 Å². The van der Waals surface area contributed by atoms with Gasteiger partial charge in [0.2, 0.25) is 21.9 Å². The number of nitrogens with zero attached hydrogens (tertiary/aromatic N) is 2. The van der Waals surface area contributed by atoms with Gasteiger partial charge >= 0.3 is 6.18 Å². The molecule has 0 unspecified atom stereocenters. The van der Waals surface area contributed by atoms with Crippen molar-refractivity contribution in [2.24, 2.45) is 5.14 Å². The number of nitrogens with one attached hydrogen (secondary N) is 2. The lowest BCUT2D eigenvalue weighted by atomic mass is 10.1. The first-order valence-electron chi connectivity index (χ1n) is 8.36. The summed E-state index contributed by atoms with van der Waals surface area (Å²) < 4.78 is 68.6. The number of aromatic nitrogens is 2. The minimum absolute atomic E-state index is 0.0463. The molecule has 0 amide bonds. The smallest absolute Gasteiger partial charge is 0.423 e. The van der Waals surface area contributed by atoms with Crippen LogP contribution in [-0.2, 0) is 16.2 Å². The summed E-state index contributed by atoms with van der Waals surface area (Å²) in [5, 5.41) is 11.2. The molecule has 2 aromatic rings. The number of primary sulfonamides is 1. The SMILES string of the molecule is NS(=O)(=O)c1ccccc1Oc1nc(N[C@H]2CCCNC2)ncc1C(F)(F)F. The Hall–Kier alpha value is -2.44. The van der Waals surface area contributed by atoms with Gasteiger partial charge in [-0.05, 0) is 31.5 Å². The minimum atomic E-state index is -4.79. The minimum Gasteiger partial charge on any atom is -0.437 e. The second-order valence-electron chi connectivity index (χ2n) is 6.19. The molecule has 28 heavy (non-hydrogen) atoms. The number of nitrogens with two attached hydrogens (primary N) is 1. The molecule has 8 nitrogen and oxygen atoms in total. The van der Waals surface area contributed by atoms with E-state index in [0.717, 1.165) is 25.5 Å². The van der Waals surface area contributed by atoms with Gasteiger partial charge in [0.25, 0.3) is 0 Å². The molecule has 1 fully saturated rings. The van der Waals surface area contributed by atoms with E-state index in [9.17, 15) is 21.6 Å².